The lowest BCUT2D eigenvalue weighted by molar-refractivity contribution is -0.132. The average Bonchev–Trinajstić information content (AvgIpc) is 2.71. The van der Waals surface area contributed by atoms with Crippen molar-refractivity contribution in [3.8, 4) is 0 Å². The first kappa shape index (κ1) is 16.5. The molecule has 5 heteroatoms. The zero-order chi connectivity index (χ0) is 17.9. The van der Waals surface area contributed by atoms with Crippen molar-refractivity contribution in [2.24, 2.45) is 0 Å². The summed E-state index contributed by atoms with van der Waals surface area (Å²) in [6, 6.07) is 13.1. The maximum Gasteiger partial charge on any atom is 0.242 e. The maximum atomic E-state index is 12.8. The van der Waals surface area contributed by atoms with Crippen LogP contribution in [0.3, 0.4) is 0 Å². The molecule has 26 heavy (non-hydrogen) atoms. The first-order chi connectivity index (χ1) is 12.7. The summed E-state index contributed by atoms with van der Waals surface area (Å²) in [5.74, 6) is 0.599. The van der Waals surface area contributed by atoms with Crippen LogP contribution in [-0.2, 0) is 11.3 Å². The van der Waals surface area contributed by atoms with Crippen molar-refractivity contribution >= 4 is 16.8 Å². The first-order valence-electron chi connectivity index (χ1n) is 8.98. The van der Waals surface area contributed by atoms with Gasteiger partial charge in [-0.1, -0.05) is 12.1 Å². The SMILES string of the molecule is O=C(Cn1ccc(=O)c2ccccc21)N1CCC(c2ccncc2)CC1. The molecule has 0 saturated carbocycles. The third-order valence-electron chi connectivity index (χ3n) is 5.22. The van der Waals surface area contributed by atoms with Crippen LogP contribution in [0.5, 0.6) is 0 Å². The molecular formula is C21H21N3O2. The van der Waals surface area contributed by atoms with Crippen molar-refractivity contribution in [1.29, 1.82) is 0 Å². The van der Waals surface area contributed by atoms with Crippen LogP contribution in [0, 0.1) is 0 Å². The predicted octanol–water partition coefficient (Wildman–Crippen LogP) is 2.80. The van der Waals surface area contributed by atoms with E-state index in [4.69, 9.17) is 0 Å². The molecule has 1 aromatic carbocycles. The van der Waals surface area contributed by atoms with E-state index in [0.29, 0.717) is 11.3 Å². The van der Waals surface area contributed by atoms with Gasteiger partial charge in [-0.2, -0.15) is 0 Å². The van der Waals surface area contributed by atoms with Crippen LogP contribution in [0.15, 0.2) is 65.8 Å². The fourth-order valence-corrected chi connectivity index (χ4v) is 3.74. The Balaban J connectivity index is 1.45. The number of benzene rings is 1. The quantitative estimate of drug-likeness (QED) is 0.732. The summed E-state index contributed by atoms with van der Waals surface area (Å²) in [5.41, 5.74) is 2.10. The van der Waals surface area contributed by atoms with Crippen LogP contribution < -0.4 is 5.43 Å². The number of aromatic nitrogens is 2. The van der Waals surface area contributed by atoms with Gasteiger partial charge in [-0.15, -0.1) is 0 Å². The van der Waals surface area contributed by atoms with E-state index in [2.05, 4.69) is 17.1 Å². The van der Waals surface area contributed by atoms with Crippen molar-refractivity contribution in [2.45, 2.75) is 25.3 Å². The number of nitrogens with zero attached hydrogens (tertiary/aromatic N) is 3. The summed E-state index contributed by atoms with van der Waals surface area (Å²) < 4.78 is 1.87. The summed E-state index contributed by atoms with van der Waals surface area (Å²) in [4.78, 5) is 30.7. The van der Waals surface area contributed by atoms with E-state index in [1.54, 1.807) is 12.3 Å². The molecule has 5 nitrogen and oxygen atoms in total. The molecule has 1 aliphatic heterocycles. The van der Waals surface area contributed by atoms with Crippen LogP contribution in [0.25, 0.3) is 10.9 Å². The molecule has 0 unspecified atom stereocenters. The number of likely N-dealkylation sites (tertiary alicyclic amines) is 1. The van der Waals surface area contributed by atoms with Crippen molar-refractivity contribution in [3.63, 3.8) is 0 Å². The number of pyridine rings is 2. The zero-order valence-electron chi connectivity index (χ0n) is 14.5. The maximum absolute atomic E-state index is 12.8. The number of para-hydroxylation sites is 1. The number of piperidine rings is 1. The molecule has 0 radical (unpaired) electrons. The van der Waals surface area contributed by atoms with Crippen molar-refractivity contribution in [1.82, 2.24) is 14.5 Å². The van der Waals surface area contributed by atoms with Gasteiger partial charge in [0.05, 0.1) is 5.52 Å². The molecule has 0 bridgehead atoms. The highest BCUT2D eigenvalue weighted by molar-refractivity contribution is 5.82. The molecule has 3 aromatic rings. The number of hydrogen-bond donors (Lipinski definition) is 0. The van der Waals surface area contributed by atoms with Gasteiger partial charge < -0.3 is 9.47 Å². The number of rotatable bonds is 3. The van der Waals surface area contributed by atoms with Crippen LogP contribution >= 0.6 is 0 Å². The molecule has 2 aromatic heterocycles. The van der Waals surface area contributed by atoms with E-state index >= 15 is 0 Å². The molecule has 0 aliphatic carbocycles. The highest BCUT2D eigenvalue weighted by Gasteiger charge is 2.24. The highest BCUT2D eigenvalue weighted by atomic mass is 16.2. The summed E-state index contributed by atoms with van der Waals surface area (Å²) >= 11 is 0. The molecule has 0 N–H and O–H groups in total. The number of hydrogen-bond acceptors (Lipinski definition) is 3. The Morgan fingerprint density at radius 1 is 1.04 bits per heavy atom. The van der Waals surface area contributed by atoms with E-state index in [1.807, 2.05) is 40.1 Å². The van der Waals surface area contributed by atoms with E-state index in [-0.39, 0.29) is 17.9 Å². The molecule has 1 saturated heterocycles. The molecule has 0 spiro atoms. The lowest BCUT2D eigenvalue weighted by atomic mass is 9.90. The van der Waals surface area contributed by atoms with Crippen LogP contribution in [0.2, 0.25) is 0 Å². The minimum absolute atomic E-state index is 0.0116. The second-order valence-electron chi connectivity index (χ2n) is 6.76. The number of fused-ring (bicyclic) bond motifs is 1. The van der Waals surface area contributed by atoms with Crippen molar-refractivity contribution in [3.05, 3.63) is 76.8 Å². The van der Waals surface area contributed by atoms with Gasteiger partial charge in [0, 0.05) is 43.1 Å². The predicted molar refractivity (Wildman–Crippen MR) is 101 cm³/mol. The Kier molecular flexibility index (Phi) is 4.52. The summed E-state index contributed by atoms with van der Waals surface area (Å²) in [7, 11) is 0. The normalized spacial score (nSPS) is 15.3. The lowest BCUT2D eigenvalue weighted by Crippen LogP contribution is -2.39. The van der Waals surface area contributed by atoms with Crippen LogP contribution in [-0.4, -0.2) is 33.4 Å². The van der Waals surface area contributed by atoms with Gasteiger partial charge in [0.1, 0.15) is 6.54 Å². The molecule has 0 atom stereocenters. The molecule has 1 amide bonds. The molecule has 1 fully saturated rings. The molecule has 132 valence electrons. The largest absolute Gasteiger partial charge is 0.341 e. The topological polar surface area (TPSA) is 55.2 Å². The monoisotopic (exact) mass is 347 g/mol. The zero-order valence-corrected chi connectivity index (χ0v) is 14.5. The number of amides is 1. The second-order valence-corrected chi connectivity index (χ2v) is 6.76. The average molecular weight is 347 g/mol. The van der Waals surface area contributed by atoms with E-state index < -0.39 is 0 Å². The minimum atomic E-state index is -0.0116. The van der Waals surface area contributed by atoms with Gasteiger partial charge >= 0.3 is 0 Å². The summed E-state index contributed by atoms with van der Waals surface area (Å²) in [6.07, 6.45) is 7.32. The van der Waals surface area contributed by atoms with E-state index in [1.165, 1.54) is 11.6 Å². The van der Waals surface area contributed by atoms with Gasteiger partial charge in [0.25, 0.3) is 0 Å². The second kappa shape index (κ2) is 7.12. The fraction of sp³-hybridized carbons (Fsp3) is 0.286. The molecule has 3 heterocycles. The van der Waals surface area contributed by atoms with Gasteiger partial charge in [-0.25, -0.2) is 0 Å². The first-order valence-corrected chi connectivity index (χ1v) is 8.98. The highest BCUT2D eigenvalue weighted by Crippen LogP contribution is 2.27. The Morgan fingerprint density at radius 2 is 1.77 bits per heavy atom. The van der Waals surface area contributed by atoms with Crippen molar-refractivity contribution < 1.29 is 4.79 Å². The van der Waals surface area contributed by atoms with E-state index in [9.17, 15) is 9.59 Å². The Labute approximate surface area is 151 Å². The van der Waals surface area contributed by atoms with Crippen LogP contribution in [0.1, 0.15) is 24.3 Å². The van der Waals surface area contributed by atoms with Crippen LogP contribution in [0.4, 0.5) is 0 Å². The Hall–Kier alpha value is -2.95. The van der Waals surface area contributed by atoms with Gasteiger partial charge in [0.2, 0.25) is 5.91 Å². The molecular weight excluding hydrogens is 326 g/mol. The third-order valence-corrected chi connectivity index (χ3v) is 5.22. The van der Waals surface area contributed by atoms with Crippen molar-refractivity contribution in [2.75, 3.05) is 13.1 Å². The Morgan fingerprint density at radius 3 is 2.54 bits per heavy atom. The lowest BCUT2D eigenvalue weighted by Gasteiger charge is -2.32. The van der Waals surface area contributed by atoms with Gasteiger partial charge in [-0.3, -0.25) is 14.6 Å². The number of carbonyl (C=O) groups excluding carboxylic acids is 1. The van der Waals surface area contributed by atoms with Gasteiger partial charge in [-0.05, 0) is 48.6 Å². The molecule has 4 rings (SSSR count). The summed E-state index contributed by atoms with van der Waals surface area (Å²) in [6.45, 7) is 1.80. The van der Waals surface area contributed by atoms with Gasteiger partial charge in [0.15, 0.2) is 5.43 Å². The molecule has 1 aliphatic rings. The standard InChI is InChI=1S/C21H21N3O2/c25-20-9-14-24(19-4-2-1-3-18(19)20)15-21(26)23-12-7-17(8-13-23)16-5-10-22-11-6-16/h1-6,9-11,14,17H,7-8,12-13,15H2. The summed E-state index contributed by atoms with van der Waals surface area (Å²) in [5, 5.41) is 0.652. The number of carbonyl (C=O) groups is 1. The smallest absolute Gasteiger partial charge is 0.242 e. The van der Waals surface area contributed by atoms with E-state index in [0.717, 1.165) is 31.4 Å². The third kappa shape index (κ3) is 3.25. The fourth-order valence-electron chi connectivity index (χ4n) is 3.74. The Bertz CT molecular complexity index is 973. The minimum Gasteiger partial charge on any atom is -0.341 e.